The Kier molecular flexibility index (Phi) is 3.22. The summed E-state index contributed by atoms with van der Waals surface area (Å²) in [5, 5.41) is 0. The van der Waals surface area contributed by atoms with Gasteiger partial charge >= 0.3 is 0 Å². The molecule has 1 heterocycles. The second-order valence-corrected chi connectivity index (χ2v) is 4.41. The van der Waals surface area contributed by atoms with Gasteiger partial charge in [-0.15, -0.1) is 0 Å². The summed E-state index contributed by atoms with van der Waals surface area (Å²) in [7, 11) is 0. The standard InChI is InChI=1S/C14H19N/c1-3-13-6-8-14(9-7-13)11-15-10-4-5-12(15)2/h3,6-9,12H,1,4-5,10-11H2,2H3/t12-/m1/s1. The molecule has 1 aromatic rings. The molecule has 1 saturated heterocycles. The van der Waals surface area contributed by atoms with Crippen LogP contribution in [-0.2, 0) is 6.54 Å². The van der Waals surface area contributed by atoms with Crippen LogP contribution in [0.2, 0.25) is 0 Å². The van der Waals surface area contributed by atoms with E-state index in [4.69, 9.17) is 0 Å². The zero-order valence-electron chi connectivity index (χ0n) is 9.45. The summed E-state index contributed by atoms with van der Waals surface area (Å²) < 4.78 is 0. The molecule has 80 valence electrons. The highest BCUT2D eigenvalue weighted by Crippen LogP contribution is 2.19. The molecule has 1 aliphatic heterocycles. The molecule has 0 radical (unpaired) electrons. The molecule has 1 heteroatoms. The average molecular weight is 201 g/mol. The molecule has 1 atom stereocenters. The van der Waals surface area contributed by atoms with Crippen LogP contribution in [0.25, 0.3) is 6.08 Å². The molecule has 1 nitrogen and oxygen atoms in total. The SMILES string of the molecule is C=Cc1ccc(CN2CCC[C@H]2C)cc1. The fraction of sp³-hybridized carbons (Fsp3) is 0.429. The first-order valence-corrected chi connectivity index (χ1v) is 5.75. The Hall–Kier alpha value is -1.08. The van der Waals surface area contributed by atoms with Crippen molar-refractivity contribution >= 4 is 6.08 Å². The van der Waals surface area contributed by atoms with Crippen LogP contribution >= 0.6 is 0 Å². The van der Waals surface area contributed by atoms with Crippen molar-refractivity contribution in [2.75, 3.05) is 6.54 Å². The van der Waals surface area contributed by atoms with E-state index in [-0.39, 0.29) is 0 Å². The first-order chi connectivity index (χ1) is 7.29. The van der Waals surface area contributed by atoms with E-state index in [1.165, 1.54) is 30.5 Å². The molecule has 0 saturated carbocycles. The minimum Gasteiger partial charge on any atom is -0.296 e. The fourth-order valence-electron chi connectivity index (χ4n) is 2.22. The van der Waals surface area contributed by atoms with Crippen LogP contribution in [0.15, 0.2) is 30.8 Å². The molecule has 0 aromatic heterocycles. The Morgan fingerprint density at radius 3 is 2.67 bits per heavy atom. The van der Waals surface area contributed by atoms with Crippen molar-refractivity contribution in [3.05, 3.63) is 42.0 Å². The van der Waals surface area contributed by atoms with E-state index in [0.29, 0.717) is 0 Å². The lowest BCUT2D eigenvalue weighted by Gasteiger charge is -2.20. The lowest BCUT2D eigenvalue weighted by Crippen LogP contribution is -2.26. The third-order valence-electron chi connectivity index (χ3n) is 3.29. The number of hydrogen-bond acceptors (Lipinski definition) is 1. The predicted molar refractivity (Wildman–Crippen MR) is 65.6 cm³/mol. The van der Waals surface area contributed by atoms with Crippen molar-refractivity contribution in [3.8, 4) is 0 Å². The van der Waals surface area contributed by atoms with Gasteiger partial charge in [-0.05, 0) is 37.4 Å². The van der Waals surface area contributed by atoms with Gasteiger partial charge in [-0.2, -0.15) is 0 Å². The lowest BCUT2D eigenvalue weighted by atomic mass is 10.1. The first-order valence-electron chi connectivity index (χ1n) is 5.75. The summed E-state index contributed by atoms with van der Waals surface area (Å²) in [6, 6.07) is 9.46. The van der Waals surface area contributed by atoms with Crippen LogP contribution in [0, 0.1) is 0 Å². The first kappa shape index (κ1) is 10.4. The summed E-state index contributed by atoms with van der Waals surface area (Å²) in [5.74, 6) is 0. The number of rotatable bonds is 3. The minimum absolute atomic E-state index is 0.754. The highest BCUT2D eigenvalue weighted by Gasteiger charge is 2.19. The monoisotopic (exact) mass is 201 g/mol. The number of benzene rings is 1. The maximum atomic E-state index is 3.77. The molecule has 0 spiro atoms. The van der Waals surface area contributed by atoms with E-state index in [1.807, 2.05) is 6.08 Å². The van der Waals surface area contributed by atoms with Crippen molar-refractivity contribution in [2.24, 2.45) is 0 Å². The van der Waals surface area contributed by atoms with Crippen LogP contribution in [0.1, 0.15) is 30.9 Å². The van der Waals surface area contributed by atoms with Crippen LogP contribution in [0.5, 0.6) is 0 Å². The molecule has 0 N–H and O–H groups in total. The second kappa shape index (κ2) is 4.63. The number of nitrogens with zero attached hydrogens (tertiary/aromatic N) is 1. The van der Waals surface area contributed by atoms with Crippen molar-refractivity contribution in [2.45, 2.75) is 32.4 Å². The van der Waals surface area contributed by atoms with Gasteiger partial charge < -0.3 is 0 Å². The third-order valence-corrected chi connectivity index (χ3v) is 3.29. The molecule has 15 heavy (non-hydrogen) atoms. The third kappa shape index (κ3) is 2.48. The molecule has 0 unspecified atom stereocenters. The van der Waals surface area contributed by atoms with Crippen molar-refractivity contribution < 1.29 is 0 Å². The zero-order chi connectivity index (χ0) is 10.7. The van der Waals surface area contributed by atoms with Gasteiger partial charge in [0.2, 0.25) is 0 Å². The minimum atomic E-state index is 0.754. The highest BCUT2D eigenvalue weighted by molar-refractivity contribution is 5.47. The number of likely N-dealkylation sites (tertiary alicyclic amines) is 1. The normalized spacial score (nSPS) is 21.8. The fourth-order valence-corrected chi connectivity index (χ4v) is 2.22. The second-order valence-electron chi connectivity index (χ2n) is 4.41. The van der Waals surface area contributed by atoms with Gasteiger partial charge in [-0.1, -0.05) is 36.9 Å². The van der Waals surface area contributed by atoms with Crippen molar-refractivity contribution in [1.29, 1.82) is 0 Å². The molecule has 0 bridgehead atoms. The number of hydrogen-bond donors (Lipinski definition) is 0. The van der Waals surface area contributed by atoms with Gasteiger partial charge in [0.05, 0.1) is 0 Å². The Balaban J connectivity index is 2.01. The molecule has 0 aliphatic carbocycles. The Morgan fingerprint density at radius 2 is 2.13 bits per heavy atom. The summed E-state index contributed by atoms with van der Waals surface area (Å²) in [4.78, 5) is 2.56. The average Bonchev–Trinajstić information content (AvgIpc) is 2.66. The quantitative estimate of drug-likeness (QED) is 0.725. The molecule has 1 fully saturated rings. The topological polar surface area (TPSA) is 3.24 Å². The lowest BCUT2D eigenvalue weighted by molar-refractivity contribution is 0.260. The smallest absolute Gasteiger partial charge is 0.0236 e. The van der Waals surface area contributed by atoms with Gasteiger partial charge in [0.15, 0.2) is 0 Å². The van der Waals surface area contributed by atoms with Crippen LogP contribution in [-0.4, -0.2) is 17.5 Å². The molecular formula is C14H19N. The summed E-state index contributed by atoms with van der Waals surface area (Å²) >= 11 is 0. The highest BCUT2D eigenvalue weighted by atomic mass is 15.2. The summed E-state index contributed by atoms with van der Waals surface area (Å²) in [6.07, 6.45) is 4.60. The van der Waals surface area contributed by atoms with Gasteiger partial charge in [0.1, 0.15) is 0 Å². The van der Waals surface area contributed by atoms with E-state index < -0.39 is 0 Å². The summed E-state index contributed by atoms with van der Waals surface area (Å²) in [6.45, 7) is 8.44. The van der Waals surface area contributed by atoms with E-state index in [2.05, 4.69) is 42.7 Å². The molecule has 1 aromatic carbocycles. The zero-order valence-corrected chi connectivity index (χ0v) is 9.45. The Morgan fingerprint density at radius 1 is 1.40 bits per heavy atom. The predicted octanol–water partition coefficient (Wildman–Crippen LogP) is 3.31. The Bertz CT molecular complexity index is 326. The van der Waals surface area contributed by atoms with Crippen molar-refractivity contribution in [3.63, 3.8) is 0 Å². The van der Waals surface area contributed by atoms with E-state index in [9.17, 15) is 0 Å². The molecule has 0 amide bonds. The van der Waals surface area contributed by atoms with E-state index >= 15 is 0 Å². The molecular weight excluding hydrogens is 182 g/mol. The van der Waals surface area contributed by atoms with Crippen LogP contribution < -0.4 is 0 Å². The van der Waals surface area contributed by atoms with E-state index in [1.54, 1.807) is 0 Å². The Labute approximate surface area is 92.4 Å². The van der Waals surface area contributed by atoms with Gasteiger partial charge in [0.25, 0.3) is 0 Å². The largest absolute Gasteiger partial charge is 0.296 e. The van der Waals surface area contributed by atoms with Crippen LogP contribution in [0.3, 0.4) is 0 Å². The van der Waals surface area contributed by atoms with Crippen molar-refractivity contribution in [1.82, 2.24) is 4.90 Å². The molecule has 2 rings (SSSR count). The van der Waals surface area contributed by atoms with E-state index in [0.717, 1.165) is 12.6 Å². The maximum Gasteiger partial charge on any atom is 0.0236 e. The van der Waals surface area contributed by atoms with Gasteiger partial charge in [-0.25, -0.2) is 0 Å². The molecule has 1 aliphatic rings. The van der Waals surface area contributed by atoms with Gasteiger partial charge in [-0.3, -0.25) is 4.90 Å². The van der Waals surface area contributed by atoms with Crippen LogP contribution in [0.4, 0.5) is 0 Å². The summed E-state index contributed by atoms with van der Waals surface area (Å²) in [5.41, 5.74) is 2.61. The van der Waals surface area contributed by atoms with Gasteiger partial charge in [0, 0.05) is 12.6 Å². The maximum absolute atomic E-state index is 3.77.